The van der Waals surface area contributed by atoms with Gasteiger partial charge >= 0.3 is 5.97 Å². The summed E-state index contributed by atoms with van der Waals surface area (Å²) in [5, 5.41) is 15.4. The Bertz CT molecular complexity index is 251. The van der Waals surface area contributed by atoms with Gasteiger partial charge in [0.25, 0.3) is 0 Å². The minimum atomic E-state index is -0.783. The van der Waals surface area contributed by atoms with Crippen LogP contribution in [0.4, 0.5) is 0 Å². The minimum Gasteiger partial charge on any atom is -0.481 e. The quantitative estimate of drug-likeness (QED) is 0.723. The first-order chi connectivity index (χ1) is 6.18. The van der Waals surface area contributed by atoms with Gasteiger partial charge in [0.2, 0.25) is 0 Å². The van der Waals surface area contributed by atoms with Crippen LogP contribution in [-0.4, -0.2) is 23.3 Å². The smallest absolute Gasteiger partial charge is 0.307 e. The standard InChI is InChI=1S/C9H10O2.CH4O/c1-7-2-4-8(5-3-7)6-9(10)11;1-2/h2-5H,6H2,1H3,(H,10,11);2H,1H3. The molecule has 0 bridgehead atoms. The molecule has 0 aliphatic carbocycles. The molecule has 3 nitrogen and oxygen atoms in total. The molecule has 72 valence electrons. The summed E-state index contributed by atoms with van der Waals surface area (Å²) in [5.74, 6) is -0.783. The van der Waals surface area contributed by atoms with Gasteiger partial charge in [-0.2, -0.15) is 0 Å². The fourth-order valence-electron chi connectivity index (χ4n) is 0.881. The molecule has 0 aromatic heterocycles. The number of rotatable bonds is 2. The number of carbonyl (C=O) groups is 1. The van der Waals surface area contributed by atoms with Gasteiger partial charge < -0.3 is 10.2 Å². The number of aliphatic carboxylic acids is 1. The SMILES string of the molecule is CO.Cc1ccc(CC(=O)O)cc1. The minimum absolute atomic E-state index is 0.111. The predicted molar refractivity (Wildman–Crippen MR) is 50.7 cm³/mol. The number of hydrogen-bond donors (Lipinski definition) is 2. The lowest BCUT2D eigenvalue weighted by Crippen LogP contribution is -1.99. The molecule has 0 saturated heterocycles. The second kappa shape index (κ2) is 6.20. The largest absolute Gasteiger partial charge is 0.481 e. The average molecular weight is 182 g/mol. The van der Waals surface area contributed by atoms with E-state index in [1.807, 2.05) is 31.2 Å². The third-order valence-corrected chi connectivity index (χ3v) is 1.48. The molecule has 0 aliphatic rings. The van der Waals surface area contributed by atoms with Gasteiger partial charge in [-0.1, -0.05) is 29.8 Å². The van der Waals surface area contributed by atoms with Crippen molar-refractivity contribution in [1.29, 1.82) is 0 Å². The number of carboxylic acids is 1. The summed E-state index contributed by atoms with van der Waals surface area (Å²) in [7, 11) is 1.00. The second-order valence-corrected chi connectivity index (χ2v) is 2.56. The maximum absolute atomic E-state index is 10.3. The van der Waals surface area contributed by atoms with Gasteiger partial charge in [-0.05, 0) is 12.5 Å². The molecule has 1 aromatic carbocycles. The molecule has 0 amide bonds. The van der Waals surface area contributed by atoms with Gasteiger partial charge in [0.1, 0.15) is 0 Å². The van der Waals surface area contributed by atoms with E-state index in [1.54, 1.807) is 0 Å². The molecule has 2 N–H and O–H groups in total. The van der Waals surface area contributed by atoms with Gasteiger partial charge in [0.15, 0.2) is 0 Å². The van der Waals surface area contributed by atoms with Crippen molar-refractivity contribution < 1.29 is 15.0 Å². The number of aryl methyl sites for hydroxylation is 1. The van der Waals surface area contributed by atoms with Crippen LogP contribution in [0.15, 0.2) is 24.3 Å². The molecule has 0 aliphatic heterocycles. The molecule has 1 rings (SSSR count). The molecule has 0 saturated carbocycles. The van der Waals surface area contributed by atoms with Crippen LogP contribution in [0.3, 0.4) is 0 Å². The highest BCUT2D eigenvalue weighted by Crippen LogP contribution is 2.03. The van der Waals surface area contributed by atoms with E-state index in [0.29, 0.717) is 0 Å². The van der Waals surface area contributed by atoms with E-state index in [1.165, 1.54) is 0 Å². The van der Waals surface area contributed by atoms with Crippen molar-refractivity contribution in [2.45, 2.75) is 13.3 Å². The van der Waals surface area contributed by atoms with Crippen molar-refractivity contribution in [3.05, 3.63) is 35.4 Å². The maximum Gasteiger partial charge on any atom is 0.307 e. The first-order valence-corrected chi connectivity index (χ1v) is 3.90. The molecule has 1 aromatic rings. The van der Waals surface area contributed by atoms with Crippen molar-refractivity contribution in [3.63, 3.8) is 0 Å². The van der Waals surface area contributed by atoms with Gasteiger partial charge in [-0.15, -0.1) is 0 Å². The number of aliphatic hydroxyl groups is 1. The second-order valence-electron chi connectivity index (χ2n) is 2.56. The van der Waals surface area contributed by atoms with Gasteiger partial charge in [-0.25, -0.2) is 0 Å². The van der Waals surface area contributed by atoms with Crippen LogP contribution >= 0.6 is 0 Å². The Morgan fingerprint density at radius 1 is 1.23 bits per heavy atom. The zero-order valence-electron chi connectivity index (χ0n) is 7.82. The zero-order chi connectivity index (χ0) is 10.3. The normalized spacial score (nSPS) is 8.54. The summed E-state index contributed by atoms with van der Waals surface area (Å²) in [6.07, 6.45) is 0.111. The third kappa shape index (κ3) is 4.98. The van der Waals surface area contributed by atoms with E-state index < -0.39 is 5.97 Å². The van der Waals surface area contributed by atoms with Crippen LogP contribution < -0.4 is 0 Å². The Morgan fingerprint density at radius 3 is 2.08 bits per heavy atom. The average Bonchev–Trinajstić information content (AvgIpc) is 2.12. The summed E-state index contributed by atoms with van der Waals surface area (Å²) in [5.41, 5.74) is 2.00. The van der Waals surface area contributed by atoms with Gasteiger partial charge in [0, 0.05) is 7.11 Å². The lowest BCUT2D eigenvalue weighted by molar-refractivity contribution is -0.136. The number of benzene rings is 1. The van der Waals surface area contributed by atoms with Crippen LogP contribution in [0.2, 0.25) is 0 Å². The van der Waals surface area contributed by atoms with Crippen molar-refractivity contribution in [1.82, 2.24) is 0 Å². The highest BCUT2D eigenvalue weighted by Gasteiger charge is 1.97. The number of aliphatic hydroxyl groups excluding tert-OH is 1. The van der Waals surface area contributed by atoms with Crippen molar-refractivity contribution in [2.75, 3.05) is 7.11 Å². The number of hydrogen-bond acceptors (Lipinski definition) is 2. The monoisotopic (exact) mass is 182 g/mol. The molecule has 0 atom stereocenters. The van der Waals surface area contributed by atoms with Crippen LogP contribution in [0.5, 0.6) is 0 Å². The fraction of sp³-hybridized carbons (Fsp3) is 0.300. The predicted octanol–water partition coefficient (Wildman–Crippen LogP) is 1.23. The lowest BCUT2D eigenvalue weighted by Gasteiger charge is -1.96. The molecule has 3 heteroatoms. The summed E-state index contributed by atoms with van der Waals surface area (Å²) in [6.45, 7) is 1.98. The Kier molecular flexibility index (Phi) is 5.55. The van der Waals surface area contributed by atoms with Crippen molar-refractivity contribution in [2.24, 2.45) is 0 Å². The summed E-state index contributed by atoms with van der Waals surface area (Å²) in [4.78, 5) is 10.3. The highest BCUT2D eigenvalue weighted by atomic mass is 16.4. The Labute approximate surface area is 77.6 Å². The Balaban J connectivity index is 0.000000671. The lowest BCUT2D eigenvalue weighted by atomic mass is 10.1. The van der Waals surface area contributed by atoms with E-state index >= 15 is 0 Å². The number of carboxylic acid groups (broad SMARTS) is 1. The fourth-order valence-corrected chi connectivity index (χ4v) is 0.881. The van der Waals surface area contributed by atoms with Gasteiger partial charge in [-0.3, -0.25) is 4.79 Å². The molecule has 0 unspecified atom stereocenters. The molecule has 13 heavy (non-hydrogen) atoms. The highest BCUT2D eigenvalue weighted by molar-refractivity contribution is 5.70. The molecule has 0 heterocycles. The summed E-state index contributed by atoms with van der Waals surface area (Å²) in [6, 6.07) is 7.50. The van der Waals surface area contributed by atoms with Crippen LogP contribution in [0.25, 0.3) is 0 Å². The molecule has 0 radical (unpaired) electrons. The van der Waals surface area contributed by atoms with Crippen LogP contribution in [0.1, 0.15) is 11.1 Å². The Hall–Kier alpha value is -1.35. The first kappa shape index (κ1) is 11.6. The van der Waals surface area contributed by atoms with Crippen LogP contribution in [0, 0.1) is 6.92 Å². The van der Waals surface area contributed by atoms with Crippen LogP contribution in [-0.2, 0) is 11.2 Å². The zero-order valence-corrected chi connectivity index (χ0v) is 7.82. The van der Waals surface area contributed by atoms with E-state index in [-0.39, 0.29) is 6.42 Å². The third-order valence-electron chi connectivity index (χ3n) is 1.48. The molecular formula is C10H14O3. The first-order valence-electron chi connectivity index (χ1n) is 3.90. The summed E-state index contributed by atoms with van der Waals surface area (Å²) >= 11 is 0. The molecular weight excluding hydrogens is 168 g/mol. The topological polar surface area (TPSA) is 57.5 Å². The molecule has 0 fully saturated rings. The van der Waals surface area contributed by atoms with E-state index in [0.717, 1.165) is 18.2 Å². The van der Waals surface area contributed by atoms with Gasteiger partial charge in [0.05, 0.1) is 6.42 Å². The van der Waals surface area contributed by atoms with E-state index in [2.05, 4.69) is 0 Å². The summed E-state index contributed by atoms with van der Waals surface area (Å²) < 4.78 is 0. The molecule has 0 spiro atoms. The van der Waals surface area contributed by atoms with E-state index in [4.69, 9.17) is 10.2 Å². The van der Waals surface area contributed by atoms with Crippen molar-refractivity contribution in [3.8, 4) is 0 Å². The van der Waals surface area contributed by atoms with Crippen molar-refractivity contribution >= 4 is 5.97 Å². The Morgan fingerprint density at radius 2 is 1.69 bits per heavy atom. The van der Waals surface area contributed by atoms with E-state index in [9.17, 15) is 4.79 Å². The maximum atomic E-state index is 10.3.